The molecule has 2 heterocycles. The molecule has 2 unspecified atom stereocenters. The van der Waals surface area contributed by atoms with Crippen molar-refractivity contribution in [2.45, 2.75) is 259 Å². The van der Waals surface area contributed by atoms with Crippen LogP contribution in [0.5, 0.6) is 0 Å². The average Bonchev–Trinajstić information content (AvgIpc) is 0.666. The number of aliphatic hydroxyl groups is 8. The summed E-state index contributed by atoms with van der Waals surface area (Å²) in [4.78, 5) is 9.65. The van der Waals surface area contributed by atoms with Crippen molar-refractivity contribution in [1.82, 2.24) is 39.2 Å². The molecule has 46 nitrogen and oxygen atoms in total. The fraction of sp³-hybridized carbons (Fsp3) is 0.818. The Morgan fingerprint density at radius 1 is 0.293 bits per heavy atom. The van der Waals surface area contributed by atoms with Gasteiger partial charge >= 0.3 is 60.7 Å². The van der Waals surface area contributed by atoms with Crippen molar-refractivity contribution in [2.75, 3.05) is 168 Å². The number of carbonyl (C=O) groups excluding carboxylic acids is 2. The largest absolute Gasteiger partial charge is 0.373 e. The number of thioether (sulfide) groups is 2. The summed E-state index contributed by atoms with van der Waals surface area (Å²) in [7, 11) is -54.9. The predicted octanol–water partition coefficient (Wildman–Crippen LogP) is 3.72. The second-order valence-corrected chi connectivity index (χ2v) is 43.4. The minimum absolute atomic E-state index is 0.193. The van der Waals surface area contributed by atoms with Gasteiger partial charge in [-0.2, -0.15) is 67.3 Å². The van der Waals surface area contributed by atoms with E-state index >= 15 is 0 Å². The van der Waals surface area contributed by atoms with Gasteiger partial charge in [-0.3, -0.25) is 46.0 Å². The molecule has 0 aromatic heterocycles. The van der Waals surface area contributed by atoms with Crippen LogP contribution in [0.25, 0.3) is 0 Å². The smallest absolute Gasteiger partial charge is 0.303 e. The summed E-state index contributed by atoms with van der Waals surface area (Å²) < 4.78 is 284. The van der Waals surface area contributed by atoms with Gasteiger partial charge in [-0.15, -0.1) is 0 Å². The van der Waals surface area contributed by atoms with E-state index in [-0.39, 0.29) is 17.8 Å². The summed E-state index contributed by atoms with van der Waals surface area (Å²) in [6.45, 7) is 81.0. The Balaban J connectivity index is -0.000000772. The summed E-state index contributed by atoms with van der Waals surface area (Å²) in [5.74, 6) is -1.75. The van der Waals surface area contributed by atoms with E-state index in [4.69, 9.17) is 0 Å². The fourth-order valence-electron chi connectivity index (χ4n) is 12.6. The molecule has 2 saturated heterocycles. The van der Waals surface area contributed by atoms with E-state index < -0.39 is 202 Å². The van der Waals surface area contributed by atoms with E-state index in [0.717, 1.165) is 48.5 Å². The third-order valence-corrected chi connectivity index (χ3v) is 34.6. The minimum Gasteiger partial charge on any atom is -0.373 e. The van der Waals surface area contributed by atoms with E-state index in [1.165, 1.54) is 157 Å². The van der Waals surface area contributed by atoms with Crippen LogP contribution >= 0.6 is 23.5 Å². The Bertz CT molecular complexity index is 4140. The number of rotatable bonds is 44. The molecule has 133 heavy (non-hydrogen) atoms. The van der Waals surface area contributed by atoms with Crippen LogP contribution < -0.4 is 10.6 Å². The highest BCUT2D eigenvalue weighted by atomic mass is 32.3. The molecule has 2 aliphatic heterocycles. The molecule has 0 radical (unpaired) electrons. The maximum Gasteiger partial charge on any atom is 0.303 e. The molecule has 56 heteroatoms. The SMILES string of the molecule is CCN(CC)CC.CCN(CC)CC.CCN(CC)CC.CCN(CC)CC.CCN(CC)CC.CCN(CC)CC.CCN(CC)CC.CCN(CC)CC.O=C(CCCC(=O)Nc1ccc(S[C@@H]2O[C@H](C(O)S(=O)(=O)O)[C@](O)(S(=O)(=O)O)[C@@](O)(S(=O)(=O)O)[C@]2(O)S(=O)(=O)O)cc1)Nc1ccc(S[C@@H]2O[C@H](C(O)S(=O)(=O)O)[C@](O)(S(=O)(=O)O)[C@@](O)(S(=O)(=O)O)[C@]2(O)S(=O)(=O)O)cc1. The van der Waals surface area contributed by atoms with Crippen molar-refractivity contribution < 1.29 is 164 Å². The zero-order valence-corrected chi connectivity index (χ0v) is 89.3. The lowest BCUT2D eigenvalue weighted by Gasteiger charge is -2.55. The van der Waals surface area contributed by atoms with E-state index in [1.807, 2.05) is 0 Å². The Kier molecular flexibility index (Phi) is 66.0. The van der Waals surface area contributed by atoms with Crippen LogP contribution in [0, 0.1) is 0 Å². The number of hydrogen-bond donors (Lipinski definition) is 18. The quantitative estimate of drug-likeness (QED) is 0.0420. The maximum absolute atomic E-state index is 12.7. The zero-order chi connectivity index (χ0) is 106. The van der Waals surface area contributed by atoms with Gasteiger partial charge in [0.1, 0.15) is 0 Å². The van der Waals surface area contributed by atoms with E-state index in [2.05, 4.69) is 225 Å². The number of amides is 2. The van der Waals surface area contributed by atoms with Crippen molar-refractivity contribution in [1.29, 1.82) is 0 Å². The van der Waals surface area contributed by atoms with Gasteiger partial charge in [0, 0.05) is 34.0 Å². The summed E-state index contributed by atoms with van der Waals surface area (Å²) in [5, 5.41) is 91.2. The van der Waals surface area contributed by atoms with Crippen LogP contribution in [-0.4, -0.2) is 416 Å². The first-order valence-electron chi connectivity index (χ1n) is 43.6. The number of benzene rings is 2. The zero-order valence-electron chi connectivity index (χ0n) is 81.2. The monoisotopic (exact) mass is 2120 g/mol. The lowest BCUT2D eigenvalue weighted by atomic mass is 9.97. The molecule has 2 aliphatic rings. The van der Waals surface area contributed by atoms with Gasteiger partial charge in [-0.05, 0) is 212 Å². The Morgan fingerprint density at radius 2 is 0.451 bits per heavy atom. The molecule has 2 fully saturated rings. The van der Waals surface area contributed by atoms with Crippen LogP contribution in [0.1, 0.15) is 185 Å². The number of nitrogens with zero attached hydrogens (tertiary/aromatic N) is 8. The Hall–Kier alpha value is -3.36. The third kappa shape index (κ3) is 39.5. The van der Waals surface area contributed by atoms with Crippen molar-refractivity contribution in [3.05, 3.63) is 48.5 Å². The number of anilines is 2. The summed E-state index contributed by atoms with van der Waals surface area (Å²) >= 11 is -0.831. The molecule has 0 aliphatic carbocycles. The van der Waals surface area contributed by atoms with Gasteiger partial charge in [-0.1, -0.05) is 190 Å². The molecule has 12 atom stereocenters. The molecule has 792 valence electrons. The molecule has 0 spiro atoms. The third-order valence-electron chi connectivity index (χ3n) is 21.6. The average molecular weight is 2120 g/mol. The summed E-state index contributed by atoms with van der Waals surface area (Å²) in [5.41, 5.74) is -15.2. The molecular formula is C77H158N10O36S10. The highest BCUT2D eigenvalue weighted by Crippen LogP contribution is 2.58. The second-order valence-electron chi connectivity index (χ2n) is 28.7. The number of aliphatic hydroxyl groups excluding tert-OH is 2. The first-order valence-corrected chi connectivity index (χ1v) is 57.0. The standard InChI is InChI=1S/C29H38N2O36S10.8C6H15N/c32-16(30-12-4-8-14(9-5-12)68-22-26(38,74(54,55)56)28(40,76(60,61)62)24(36,72(48,49)50)18(66-22)20(34)70(42,43)44)2-1-3-17(33)31-13-6-10-15(11-7-13)69-23-27(39,75(57,58)59)29(41,77(63,64)65)25(37,73(51,52)53)19(67-23)21(35)71(45,46)47;8*1-4-7(5-2)6-3/h4-11,18-23,34-41H,1-3H2,(H,30,32)(H,31,33)(H,42,43,44)(H,45,46,47)(H,48,49,50)(H,51,52,53)(H,54,55,56)(H,57,58,59)(H,60,61,62)(H,63,64,65);8*4-6H2,1-3H3/t18-,19-,20?,21?,22+,23+,24+,25+,26-,27-,28-,29-;;;;;;;;/m1......../s1. The number of hydrogen-bond acceptors (Lipinski definition) is 38. The lowest BCUT2D eigenvalue weighted by Crippen LogP contribution is -2.86. The van der Waals surface area contributed by atoms with Crippen molar-refractivity contribution in [2.24, 2.45) is 0 Å². The van der Waals surface area contributed by atoms with Crippen molar-refractivity contribution in [3.63, 3.8) is 0 Å². The Morgan fingerprint density at radius 3 is 0.571 bits per heavy atom. The van der Waals surface area contributed by atoms with Gasteiger partial charge in [0.15, 0.2) is 23.1 Å². The van der Waals surface area contributed by atoms with Crippen LogP contribution in [0.2, 0.25) is 0 Å². The van der Waals surface area contributed by atoms with Gasteiger partial charge in [0.05, 0.1) is 0 Å². The number of carbonyl (C=O) groups is 2. The Labute approximate surface area is 800 Å². The maximum atomic E-state index is 12.7. The normalized spacial score (nSPS) is 22.8. The van der Waals surface area contributed by atoms with E-state index in [9.17, 15) is 154 Å². The molecule has 0 saturated carbocycles. The van der Waals surface area contributed by atoms with Gasteiger partial charge in [-0.25, -0.2) is 0 Å². The van der Waals surface area contributed by atoms with Gasteiger partial charge in [0.25, 0.3) is 49.8 Å². The van der Waals surface area contributed by atoms with Crippen molar-refractivity contribution in [3.8, 4) is 0 Å². The minimum atomic E-state index is -7.21. The van der Waals surface area contributed by atoms with Crippen LogP contribution in [0.4, 0.5) is 11.4 Å². The summed E-state index contributed by atoms with van der Waals surface area (Å²) in [6, 6.07) is 6.88. The lowest BCUT2D eigenvalue weighted by molar-refractivity contribution is -0.265. The predicted molar refractivity (Wildman–Crippen MR) is 515 cm³/mol. The van der Waals surface area contributed by atoms with Crippen LogP contribution in [0.3, 0.4) is 0 Å². The molecule has 2 amide bonds. The first-order chi connectivity index (χ1) is 61.0. The highest BCUT2D eigenvalue weighted by molar-refractivity contribution is 8.02. The highest BCUT2D eigenvalue weighted by Gasteiger charge is 2.90. The van der Waals surface area contributed by atoms with E-state index in [1.54, 1.807) is 0 Å². The molecule has 0 bridgehead atoms. The van der Waals surface area contributed by atoms with Crippen LogP contribution in [-0.2, 0) is 100 Å². The topological polar surface area (TPSA) is 699 Å². The molecular weight excluding hydrogens is 1960 g/mol. The van der Waals surface area contributed by atoms with Gasteiger partial charge < -0.3 is 100 Å². The molecule has 4 rings (SSSR count). The van der Waals surface area contributed by atoms with E-state index in [0.29, 0.717) is 0 Å². The summed E-state index contributed by atoms with van der Waals surface area (Å²) in [6.07, 6.45) is -9.27. The molecule has 2 aromatic rings. The molecule has 2 aromatic carbocycles. The van der Waals surface area contributed by atoms with Gasteiger partial charge in [0.2, 0.25) is 22.7 Å². The first kappa shape index (κ1) is 138. The molecule has 18 N–H and O–H groups in total. The fourth-order valence-corrected chi connectivity index (χ4v) is 25.3. The number of nitrogens with one attached hydrogen (secondary N) is 2. The second kappa shape index (κ2) is 63.5. The van der Waals surface area contributed by atoms with Crippen LogP contribution in [0.15, 0.2) is 58.3 Å². The number of ether oxygens (including phenoxy) is 2. The van der Waals surface area contributed by atoms with Crippen molar-refractivity contribution >= 4 is 128 Å².